The summed E-state index contributed by atoms with van der Waals surface area (Å²) in [5.41, 5.74) is 2.35. The first-order valence-electron chi connectivity index (χ1n) is 6.50. The zero-order valence-electron chi connectivity index (χ0n) is 11.5. The van der Waals surface area contributed by atoms with Gasteiger partial charge in [-0.05, 0) is 54.6 Å². The van der Waals surface area contributed by atoms with Crippen molar-refractivity contribution in [3.63, 3.8) is 0 Å². The van der Waals surface area contributed by atoms with Crippen LogP contribution in [0.2, 0.25) is 0 Å². The Labute approximate surface area is 127 Å². The van der Waals surface area contributed by atoms with Crippen LogP contribution in [-0.2, 0) is 10.0 Å². The number of nitrogens with zero attached hydrogens (tertiary/aromatic N) is 2. The molecule has 0 amide bonds. The average molecular weight is 363 g/mol. The summed E-state index contributed by atoms with van der Waals surface area (Å²) in [5, 5.41) is 0. The minimum atomic E-state index is -3.62. The maximum atomic E-state index is 12.8. The molecule has 0 radical (unpaired) electrons. The standard InChI is InChI=1S/C12H19BrN4O2S/c1-8(2)17(7-9-3-4-9)20(18,19)11-5-10(13)6-15-12(11)16-14/h5-6,8-9H,3-4,7,14H2,1-2H3,(H,15,16). The Morgan fingerprint density at radius 1 is 1.55 bits per heavy atom. The van der Waals surface area contributed by atoms with Gasteiger partial charge >= 0.3 is 0 Å². The first-order chi connectivity index (χ1) is 9.36. The first-order valence-corrected chi connectivity index (χ1v) is 8.73. The Balaban J connectivity index is 2.43. The third-order valence-corrected chi connectivity index (χ3v) is 5.74. The molecule has 1 aromatic heterocycles. The lowest BCUT2D eigenvalue weighted by atomic mass is 10.3. The molecule has 1 aromatic rings. The van der Waals surface area contributed by atoms with Gasteiger partial charge in [0.25, 0.3) is 0 Å². The van der Waals surface area contributed by atoms with Gasteiger partial charge in [-0.2, -0.15) is 4.31 Å². The van der Waals surface area contributed by atoms with Gasteiger partial charge in [0.05, 0.1) is 0 Å². The van der Waals surface area contributed by atoms with Crippen molar-refractivity contribution < 1.29 is 8.42 Å². The molecular weight excluding hydrogens is 344 g/mol. The van der Waals surface area contributed by atoms with Gasteiger partial charge in [-0.1, -0.05) is 0 Å². The van der Waals surface area contributed by atoms with Crippen molar-refractivity contribution in [2.24, 2.45) is 11.8 Å². The second kappa shape index (κ2) is 5.97. The fraction of sp³-hybridized carbons (Fsp3) is 0.583. The number of pyridine rings is 1. The van der Waals surface area contributed by atoms with Gasteiger partial charge in [0, 0.05) is 23.3 Å². The molecule has 20 heavy (non-hydrogen) atoms. The van der Waals surface area contributed by atoms with Crippen LogP contribution >= 0.6 is 15.9 Å². The van der Waals surface area contributed by atoms with E-state index >= 15 is 0 Å². The maximum absolute atomic E-state index is 12.8. The molecule has 6 nitrogen and oxygen atoms in total. The molecule has 1 heterocycles. The number of hydrazine groups is 1. The number of anilines is 1. The van der Waals surface area contributed by atoms with E-state index in [1.54, 1.807) is 0 Å². The lowest BCUT2D eigenvalue weighted by molar-refractivity contribution is 0.342. The Kier molecular flexibility index (Phi) is 4.68. The Hall–Kier alpha value is -0.700. The first kappa shape index (κ1) is 15.7. The zero-order chi connectivity index (χ0) is 14.9. The lowest BCUT2D eigenvalue weighted by Crippen LogP contribution is -2.39. The summed E-state index contributed by atoms with van der Waals surface area (Å²) >= 11 is 3.25. The number of hydrogen-bond donors (Lipinski definition) is 2. The Morgan fingerprint density at radius 2 is 2.20 bits per heavy atom. The summed E-state index contributed by atoms with van der Waals surface area (Å²) in [5.74, 6) is 6.01. The monoisotopic (exact) mass is 362 g/mol. The van der Waals surface area contributed by atoms with Crippen LogP contribution in [0.1, 0.15) is 26.7 Å². The third-order valence-electron chi connectivity index (χ3n) is 3.25. The van der Waals surface area contributed by atoms with Crippen LogP contribution in [0.4, 0.5) is 5.82 Å². The molecule has 112 valence electrons. The number of halogens is 1. The van der Waals surface area contributed by atoms with Crippen molar-refractivity contribution in [2.75, 3.05) is 12.0 Å². The molecule has 0 aliphatic heterocycles. The number of hydrogen-bond acceptors (Lipinski definition) is 5. The highest BCUT2D eigenvalue weighted by molar-refractivity contribution is 9.10. The minimum Gasteiger partial charge on any atom is -0.307 e. The van der Waals surface area contributed by atoms with Crippen molar-refractivity contribution in [3.8, 4) is 0 Å². The van der Waals surface area contributed by atoms with Gasteiger partial charge in [-0.15, -0.1) is 0 Å². The Morgan fingerprint density at radius 3 is 2.70 bits per heavy atom. The van der Waals surface area contributed by atoms with E-state index in [0.717, 1.165) is 12.8 Å². The van der Waals surface area contributed by atoms with Crippen LogP contribution < -0.4 is 11.3 Å². The highest BCUT2D eigenvalue weighted by atomic mass is 79.9. The van der Waals surface area contributed by atoms with Crippen LogP contribution in [0.3, 0.4) is 0 Å². The number of nitrogens with two attached hydrogens (primary N) is 1. The van der Waals surface area contributed by atoms with E-state index in [-0.39, 0.29) is 16.8 Å². The van der Waals surface area contributed by atoms with Crippen molar-refractivity contribution in [3.05, 3.63) is 16.7 Å². The second-order valence-corrected chi connectivity index (χ2v) is 8.03. The fourth-order valence-corrected chi connectivity index (χ4v) is 4.32. The van der Waals surface area contributed by atoms with E-state index in [9.17, 15) is 8.42 Å². The Bertz CT molecular complexity index is 587. The highest BCUT2D eigenvalue weighted by Gasteiger charge is 2.35. The lowest BCUT2D eigenvalue weighted by Gasteiger charge is -2.26. The summed E-state index contributed by atoms with van der Waals surface area (Å²) in [6.45, 7) is 4.30. The van der Waals surface area contributed by atoms with E-state index in [1.165, 1.54) is 16.6 Å². The van der Waals surface area contributed by atoms with Gasteiger partial charge < -0.3 is 5.43 Å². The summed E-state index contributed by atoms with van der Waals surface area (Å²) in [7, 11) is -3.62. The molecule has 8 heteroatoms. The van der Waals surface area contributed by atoms with Crippen molar-refractivity contribution in [1.29, 1.82) is 0 Å². The van der Waals surface area contributed by atoms with E-state index in [1.807, 2.05) is 13.8 Å². The maximum Gasteiger partial charge on any atom is 0.247 e. The second-order valence-electron chi connectivity index (χ2n) is 5.26. The summed E-state index contributed by atoms with van der Waals surface area (Å²) in [4.78, 5) is 4.11. The topological polar surface area (TPSA) is 88.3 Å². The van der Waals surface area contributed by atoms with Crippen molar-refractivity contribution >= 4 is 31.8 Å². The van der Waals surface area contributed by atoms with Gasteiger partial charge in [0.2, 0.25) is 10.0 Å². The normalized spacial score (nSPS) is 15.9. The molecule has 3 N–H and O–H groups in total. The van der Waals surface area contributed by atoms with Crippen LogP contribution in [-0.4, -0.2) is 30.3 Å². The van der Waals surface area contributed by atoms with Crippen LogP contribution in [0, 0.1) is 5.92 Å². The fourth-order valence-electron chi connectivity index (χ4n) is 1.99. The summed E-state index contributed by atoms with van der Waals surface area (Å²) < 4.78 is 27.8. The quantitative estimate of drug-likeness (QED) is 0.596. The summed E-state index contributed by atoms with van der Waals surface area (Å²) in [6.07, 6.45) is 3.70. The van der Waals surface area contributed by atoms with Gasteiger partial charge in [-0.25, -0.2) is 19.2 Å². The number of nitrogens with one attached hydrogen (secondary N) is 1. The molecule has 1 saturated carbocycles. The molecule has 0 saturated heterocycles. The molecule has 0 bridgehead atoms. The smallest absolute Gasteiger partial charge is 0.247 e. The van der Waals surface area contributed by atoms with E-state index in [4.69, 9.17) is 5.84 Å². The predicted molar refractivity (Wildman–Crippen MR) is 81.5 cm³/mol. The van der Waals surface area contributed by atoms with Gasteiger partial charge in [-0.3, -0.25) is 0 Å². The van der Waals surface area contributed by atoms with Gasteiger partial charge in [0.1, 0.15) is 4.90 Å². The molecule has 0 unspecified atom stereocenters. The molecule has 1 fully saturated rings. The van der Waals surface area contributed by atoms with Crippen LogP contribution in [0.15, 0.2) is 21.6 Å². The molecule has 1 aliphatic carbocycles. The van der Waals surface area contributed by atoms with Crippen molar-refractivity contribution in [2.45, 2.75) is 37.6 Å². The predicted octanol–water partition coefficient (Wildman–Crippen LogP) is 1.94. The van der Waals surface area contributed by atoms with Crippen LogP contribution in [0.25, 0.3) is 0 Å². The molecule has 1 aliphatic rings. The zero-order valence-corrected chi connectivity index (χ0v) is 13.9. The van der Waals surface area contributed by atoms with E-state index in [2.05, 4.69) is 26.3 Å². The highest BCUT2D eigenvalue weighted by Crippen LogP contribution is 2.34. The molecule has 0 atom stereocenters. The molecule has 0 aromatic carbocycles. The minimum absolute atomic E-state index is 0.101. The third kappa shape index (κ3) is 3.30. The van der Waals surface area contributed by atoms with E-state index in [0.29, 0.717) is 16.9 Å². The van der Waals surface area contributed by atoms with Gasteiger partial charge in [0.15, 0.2) is 5.82 Å². The number of aromatic nitrogens is 1. The summed E-state index contributed by atoms with van der Waals surface area (Å²) in [6, 6.07) is 1.42. The molecular formula is C12H19BrN4O2S. The molecule has 0 spiro atoms. The number of sulfonamides is 1. The van der Waals surface area contributed by atoms with Crippen molar-refractivity contribution in [1.82, 2.24) is 9.29 Å². The number of nitrogen functional groups attached to an aromatic ring is 1. The number of rotatable bonds is 6. The van der Waals surface area contributed by atoms with Crippen LogP contribution in [0.5, 0.6) is 0 Å². The molecule has 2 rings (SSSR count). The largest absolute Gasteiger partial charge is 0.307 e. The average Bonchev–Trinajstić information content (AvgIpc) is 3.19. The van der Waals surface area contributed by atoms with E-state index < -0.39 is 10.0 Å². The SMILES string of the molecule is CC(C)N(CC1CC1)S(=O)(=O)c1cc(Br)cnc1NN.